The molecule has 2 fully saturated rings. The molecule has 18 nitrogen and oxygen atoms in total. The molecule has 0 bridgehead atoms. The molecule has 0 spiro atoms. The maximum Gasteiger partial charge on any atom is 0.305 e. The van der Waals surface area contributed by atoms with Crippen LogP contribution in [0.3, 0.4) is 0 Å². The Morgan fingerprint density at radius 3 is 1.33 bits per heavy atom. The van der Waals surface area contributed by atoms with E-state index in [1.54, 1.807) is 30.3 Å². The standard InChI is InChI=1S/C33H42O18/c1-16(34)41-14-24-26(44-18(3)36)28(46-20(5)38)30(43-13-23-11-9-8-10-12-23)32(49-24)51-31-29(47-21(6)39)27(45-19(4)37)25(15-42-17(2)35)50-33(31)48-22(7)40/h8-12,24-33H,13-15H2,1-7H3/t24-,25+,26-,27-,28+,29+,30+,31+,32-,33+/m1/s1. The molecular formula is C33H42O18. The summed E-state index contributed by atoms with van der Waals surface area (Å²) in [6.07, 6.45) is -15.3. The number of hydrogen-bond acceptors (Lipinski definition) is 18. The number of carbonyl (C=O) groups excluding carboxylic acids is 7. The number of hydrogen-bond donors (Lipinski definition) is 0. The number of ether oxygens (including phenoxy) is 11. The Hall–Kier alpha value is -4.65. The molecule has 0 saturated carbocycles. The zero-order valence-corrected chi connectivity index (χ0v) is 29.1. The van der Waals surface area contributed by atoms with Gasteiger partial charge in [0.25, 0.3) is 0 Å². The molecule has 2 aliphatic heterocycles. The monoisotopic (exact) mass is 726 g/mol. The zero-order chi connectivity index (χ0) is 37.8. The van der Waals surface area contributed by atoms with Crippen LogP contribution in [-0.2, 0) is 92.3 Å². The molecule has 0 aliphatic carbocycles. The molecule has 0 unspecified atom stereocenters. The lowest BCUT2D eigenvalue weighted by molar-refractivity contribution is -0.368. The predicted octanol–water partition coefficient (Wildman–Crippen LogP) is 0.823. The normalized spacial score (nSPS) is 28.7. The van der Waals surface area contributed by atoms with Gasteiger partial charge in [0.15, 0.2) is 36.8 Å². The Balaban J connectivity index is 2.17. The van der Waals surface area contributed by atoms with E-state index in [1.807, 2.05) is 0 Å². The minimum Gasteiger partial charge on any atom is -0.463 e. The van der Waals surface area contributed by atoms with Crippen molar-refractivity contribution < 1.29 is 85.7 Å². The summed E-state index contributed by atoms with van der Waals surface area (Å²) in [6.45, 7) is 6.44. The molecule has 2 heterocycles. The third kappa shape index (κ3) is 12.6. The minimum atomic E-state index is -1.73. The first-order valence-corrected chi connectivity index (χ1v) is 15.8. The van der Waals surface area contributed by atoms with Crippen LogP contribution in [0.5, 0.6) is 0 Å². The average Bonchev–Trinajstić information content (AvgIpc) is 3.02. The van der Waals surface area contributed by atoms with Crippen LogP contribution in [0.15, 0.2) is 30.3 Å². The number of carbonyl (C=O) groups is 7. The third-order valence-electron chi connectivity index (χ3n) is 7.15. The second-order valence-corrected chi connectivity index (χ2v) is 11.5. The van der Waals surface area contributed by atoms with Crippen molar-refractivity contribution in [1.82, 2.24) is 0 Å². The molecule has 1 aromatic carbocycles. The molecule has 1 aromatic rings. The fraction of sp³-hybridized carbons (Fsp3) is 0.606. The molecule has 282 valence electrons. The highest BCUT2D eigenvalue weighted by molar-refractivity contribution is 5.69. The molecule has 0 radical (unpaired) electrons. The predicted molar refractivity (Wildman–Crippen MR) is 164 cm³/mol. The Morgan fingerprint density at radius 2 is 0.902 bits per heavy atom. The number of rotatable bonds is 14. The van der Waals surface area contributed by atoms with Crippen LogP contribution in [0, 0.1) is 0 Å². The highest BCUT2D eigenvalue weighted by Gasteiger charge is 2.57. The van der Waals surface area contributed by atoms with E-state index in [2.05, 4.69) is 0 Å². The molecule has 0 amide bonds. The Kier molecular flexibility index (Phi) is 15.3. The van der Waals surface area contributed by atoms with Crippen molar-refractivity contribution in [2.75, 3.05) is 13.2 Å². The number of esters is 7. The maximum absolute atomic E-state index is 12.5. The lowest BCUT2D eigenvalue weighted by atomic mass is 9.96. The van der Waals surface area contributed by atoms with Gasteiger partial charge in [0.1, 0.15) is 31.5 Å². The number of benzene rings is 1. The van der Waals surface area contributed by atoms with Crippen molar-refractivity contribution in [2.24, 2.45) is 0 Å². The molecule has 10 atom stereocenters. The zero-order valence-electron chi connectivity index (χ0n) is 29.1. The fourth-order valence-corrected chi connectivity index (χ4v) is 5.35. The summed E-state index contributed by atoms with van der Waals surface area (Å²) in [4.78, 5) is 85.3. The smallest absolute Gasteiger partial charge is 0.305 e. The first-order chi connectivity index (χ1) is 24.0. The van der Waals surface area contributed by atoms with E-state index >= 15 is 0 Å². The van der Waals surface area contributed by atoms with Crippen LogP contribution in [0.1, 0.15) is 54.0 Å². The first-order valence-electron chi connectivity index (χ1n) is 15.8. The second-order valence-electron chi connectivity index (χ2n) is 11.5. The largest absolute Gasteiger partial charge is 0.463 e. The molecule has 0 aromatic heterocycles. The van der Waals surface area contributed by atoms with E-state index in [-0.39, 0.29) is 6.61 Å². The van der Waals surface area contributed by atoms with Gasteiger partial charge < -0.3 is 52.1 Å². The van der Waals surface area contributed by atoms with Crippen LogP contribution in [-0.4, -0.2) is 116 Å². The Labute approximate surface area is 293 Å². The van der Waals surface area contributed by atoms with E-state index in [0.29, 0.717) is 5.56 Å². The molecular weight excluding hydrogens is 684 g/mol. The molecule has 18 heteroatoms. The first kappa shape index (κ1) is 40.8. The fourth-order valence-electron chi connectivity index (χ4n) is 5.35. The molecule has 3 rings (SSSR count). The minimum absolute atomic E-state index is 0.129. The molecule has 51 heavy (non-hydrogen) atoms. The van der Waals surface area contributed by atoms with Gasteiger partial charge in [-0.25, -0.2) is 0 Å². The van der Waals surface area contributed by atoms with Gasteiger partial charge in [0.2, 0.25) is 6.29 Å². The summed E-state index contributed by atoms with van der Waals surface area (Å²) in [5.41, 5.74) is 0.656. The maximum atomic E-state index is 12.5. The van der Waals surface area contributed by atoms with Crippen LogP contribution >= 0.6 is 0 Å². The van der Waals surface area contributed by atoms with Crippen molar-refractivity contribution in [3.05, 3.63) is 35.9 Å². The van der Waals surface area contributed by atoms with Gasteiger partial charge in [-0.15, -0.1) is 0 Å². The Bertz CT molecular complexity index is 1400. The average molecular weight is 727 g/mol. The van der Waals surface area contributed by atoms with Crippen LogP contribution in [0.25, 0.3) is 0 Å². The SMILES string of the molecule is CC(=O)OC[C@@H]1O[C@H](OC(C)=O)[C@@H](O[C@H]2O[C@H](COC(C)=O)[C@@H](OC(C)=O)[C@H](OC(C)=O)[C@@H]2OCc2ccccc2)[C@@H](OC(C)=O)[C@@H]1OC(C)=O. The highest BCUT2D eigenvalue weighted by Crippen LogP contribution is 2.36. The lowest BCUT2D eigenvalue weighted by Crippen LogP contribution is -2.67. The quantitative estimate of drug-likeness (QED) is 0.191. The van der Waals surface area contributed by atoms with Gasteiger partial charge in [-0.05, 0) is 5.56 Å². The summed E-state index contributed by atoms with van der Waals surface area (Å²) in [5.74, 6) is -5.69. The second kappa shape index (κ2) is 19.1. The highest BCUT2D eigenvalue weighted by atomic mass is 16.8. The lowest BCUT2D eigenvalue weighted by Gasteiger charge is -2.48. The van der Waals surface area contributed by atoms with E-state index in [0.717, 1.165) is 48.5 Å². The summed E-state index contributed by atoms with van der Waals surface area (Å²) >= 11 is 0. The van der Waals surface area contributed by atoms with Crippen molar-refractivity contribution in [3.8, 4) is 0 Å². The third-order valence-corrected chi connectivity index (χ3v) is 7.15. The van der Waals surface area contributed by atoms with E-state index in [4.69, 9.17) is 52.1 Å². The van der Waals surface area contributed by atoms with Crippen LogP contribution in [0.2, 0.25) is 0 Å². The van der Waals surface area contributed by atoms with Gasteiger partial charge in [-0.3, -0.25) is 33.6 Å². The van der Waals surface area contributed by atoms with E-state index < -0.39 is 116 Å². The van der Waals surface area contributed by atoms with E-state index in [9.17, 15) is 33.6 Å². The van der Waals surface area contributed by atoms with Gasteiger partial charge in [-0.1, -0.05) is 30.3 Å². The topological polar surface area (TPSA) is 221 Å². The van der Waals surface area contributed by atoms with Crippen molar-refractivity contribution in [2.45, 2.75) is 116 Å². The van der Waals surface area contributed by atoms with Gasteiger partial charge in [0.05, 0.1) is 6.61 Å². The van der Waals surface area contributed by atoms with Crippen LogP contribution in [0.4, 0.5) is 0 Å². The van der Waals surface area contributed by atoms with Crippen molar-refractivity contribution in [1.29, 1.82) is 0 Å². The molecule has 0 N–H and O–H groups in total. The summed E-state index contributed by atoms with van der Waals surface area (Å²) in [7, 11) is 0. The van der Waals surface area contributed by atoms with Gasteiger partial charge >= 0.3 is 41.8 Å². The molecule has 2 saturated heterocycles. The molecule has 2 aliphatic rings. The van der Waals surface area contributed by atoms with Gasteiger partial charge in [0, 0.05) is 48.5 Å². The van der Waals surface area contributed by atoms with Crippen LogP contribution < -0.4 is 0 Å². The summed E-state index contributed by atoms with van der Waals surface area (Å²) in [5, 5.41) is 0. The van der Waals surface area contributed by atoms with Crippen molar-refractivity contribution >= 4 is 41.8 Å². The van der Waals surface area contributed by atoms with Gasteiger partial charge in [-0.2, -0.15) is 0 Å². The van der Waals surface area contributed by atoms with Crippen molar-refractivity contribution in [3.63, 3.8) is 0 Å². The summed E-state index contributed by atoms with van der Waals surface area (Å²) in [6, 6.07) is 8.75. The Morgan fingerprint density at radius 1 is 0.490 bits per heavy atom. The van der Waals surface area contributed by atoms with E-state index in [1.165, 1.54) is 0 Å². The summed E-state index contributed by atoms with van der Waals surface area (Å²) < 4.78 is 62.5.